The molecular formula is C7H5BrF2INO. The maximum atomic E-state index is 12.4. The van der Waals surface area contributed by atoms with E-state index in [1.807, 2.05) is 0 Å². The van der Waals surface area contributed by atoms with Gasteiger partial charge in [0, 0.05) is 10.9 Å². The zero-order chi connectivity index (χ0) is 10.0. The summed E-state index contributed by atoms with van der Waals surface area (Å²) in [6, 6.07) is 1.05. The summed E-state index contributed by atoms with van der Waals surface area (Å²) < 4.78 is 25.0. The normalized spacial score (nSPS) is 10.8. The molecule has 0 saturated heterocycles. The average molecular weight is 364 g/mol. The largest absolute Gasteiger partial charge is 0.505 e. The molecule has 0 aliphatic heterocycles. The van der Waals surface area contributed by atoms with Crippen molar-refractivity contribution in [2.75, 3.05) is 0 Å². The minimum absolute atomic E-state index is 0.208. The van der Waals surface area contributed by atoms with Crippen LogP contribution in [0, 0.1) is 3.70 Å². The molecule has 0 radical (unpaired) electrons. The first-order valence-electron chi connectivity index (χ1n) is 3.28. The van der Waals surface area contributed by atoms with Gasteiger partial charge in [-0.2, -0.15) is 0 Å². The van der Waals surface area contributed by atoms with Crippen molar-refractivity contribution in [1.82, 2.24) is 4.98 Å². The van der Waals surface area contributed by atoms with Crippen LogP contribution in [0.1, 0.15) is 17.7 Å². The van der Waals surface area contributed by atoms with Crippen LogP contribution in [0.2, 0.25) is 0 Å². The molecule has 0 bridgehead atoms. The Balaban J connectivity index is 3.25. The number of halogens is 4. The third-order valence-corrected chi connectivity index (χ3v) is 2.76. The summed E-state index contributed by atoms with van der Waals surface area (Å²) in [7, 11) is 0. The molecule has 2 nitrogen and oxygen atoms in total. The van der Waals surface area contributed by atoms with Crippen molar-refractivity contribution in [3.8, 4) is 5.75 Å². The van der Waals surface area contributed by atoms with Crippen molar-refractivity contribution in [2.24, 2.45) is 0 Å². The van der Waals surface area contributed by atoms with Crippen LogP contribution in [-0.4, -0.2) is 10.1 Å². The molecule has 0 saturated carbocycles. The van der Waals surface area contributed by atoms with Crippen LogP contribution in [0.15, 0.2) is 6.07 Å². The van der Waals surface area contributed by atoms with E-state index in [9.17, 15) is 8.78 Å². The van der Waals surface area contributed by atoms with Gasteiger partial charge in [0.05, 0.1) is 5.69 Å². The monoisotopic (exact) mass is 363 g/mol. The number of nitrogens with zero attached hydrogens (tertiary/aromatic N) is 1. The van der Waals surface area contributed by atoms with Crippen molar-refractivity contribution in [2.45, 2.75) is 11.8 Å². The van der Waals surface area contributed by atoms with Crippen LogP contribution in [0.4, 0.5) is 8.78 Å². The lowest BCUT2D eigenvalue weighted by molar-refractivity contribution is 0.149. The van der Waals surface area contributed by atoms with E-state index in [1.54, 1.807) is 22.6 Å². The molecule has 1 N–H and O–H groups in total. The van der Waals surface area contributed by atoms with Gasteiger partial charge in [-0.05, 0) is 28.7 Å². The van der Waals surface area contributed by atoms with Crippen LogP contribution in [0.3, 0.4) is 0 Å². The second-order valence-electron chi connectivity index (χ2n) is 2.27. The minimum atomic E-state index is -2.61. The predicted octanol–water partition coefficient (Wildman–Crippen LogP) is 3.22. The van der Waals surface area contributed by atoms with Gasteiger partial charge in [-0.15, -0.1) is 0 Å². The highest BCUT2D eigenvalue weighted by Crippen LogP contribution is 2.29. The third-order valence-electron chi connectivity index (χ3n) is 1.43. The Morgan fingerprint density at radius 2 is 2.23 bits per heavy atom. The number of rotatable bonds is 2. The molecule has 1 aromatic rings. The maximum Gasteiger partial charge on any atom is 0.265 e. The SMILES string of the molecule is Oc1cc(C(F)F)c(CBr)nc1I. The molecule has 0 aliphatic rings. The summed E-state index contributed by atoms with van der Waals surface area (Å²) in [6.45, 7) is 0. The highest BCUT2D eigenvalue weighted by molar-refractivity contribution is 14.1. The van der Waals surface area contributed by atoms with E-state index in [1.165, 1.54) is 0 Å². The lowest BCUT2D eigenvalue weighted by Crippen LogP contribution is -1.98. The topological polar surface area (TPSA) is 33.1 Å². The summed E-state index contributed by atoms with van der Waals surface area (Å²) in [5, 5.41) is 9.40. The van der Waals surface area contributed by atoms with Crippen LogP contribution < -0.4 is 0 Å². The fraction of sp³-hybridized carbons (Fsp3) is 0.286. The first-order valence-corrected chi connectivity index (χ1v) is 5.48. The van der Waals surface area contributed by atoms with Gasteiger partial charge in [0.2, 0.25) is 0 Å². The molecule has 0 unspecified atom stereocenters. The first-order chi connectivity index (χ1) is 6.06. The summed E-state index contributed by atoms with van der Waals surface area (Å²) in [5.74, 6) is -0.208. The van der Waals surface area contributed by atoms with E-state index in [0.29, 0.717) is 3.70 Å². The molecule has 0 aliphatic carbocycles. The average Bonchev–Trinajstić information content (AvgIpc) is 2.08. The lowest BCUT2D eigenvalue weighted by atomic mass is 10.2. The number of aromatic nitrogens is 1. The second kappa shape index (κ2) is 4.50. The smallest absolute Gasteiger partial charge is 0.265 e. The van der Waals surface area contributed by atoms with Gasteiger partial charge < -0.3 is 5.11 Å². The van der Waals surface area contributed by atoms with Gasteiger partial charge in [-0.1, -0.05) is 15.9 Å². The van der Waals surface area contributed by atoms with Crippen molar-refractivity contribution >= 4 is 38.5 Å². The molecule has 1 rings (SSSR count). The predicted molar refractivity (Wildman–Crippen MR) is 56.2 cm³/mol. The quantitative estimate of drug-likeness (QED) is 0.497. The number of hydrogen-bond donors (Lipinski definition) is 1. The summed E-state index contributed by atoms with van der Waals surface area (Å²) in [4.78, 5) is 3.82. The van der Waals surface area contributed by atoms with Crippen LogP contribution in [0.25, 0.3) is 0 Å². The first kappa shape index (κ1) is 11.1. The number of aromatic hydroxyl groups is 1. The number of hydrogen-bond acceptors (Lipinski definition) is 2. The van der Waals surface area contributed by atoms with Crippen molar-refractivity contribution in [3.05, 3.63) is 21.0 Å². The van der Waals surface area contributed by atoms with Crippen molar-refractivity contribution in [1.29, 1.82) is 0 Å². The van der Waals surface area contributed by atoms with Gasteiger partial charge in [0.1, 0.15) is 9.45 Å². The molecular weight excluding hydrogens is 359 g/mol. The zero-order valence-electron chi connectivity index (χ0n) is 6.27. The molecule has 72 valence electrons. The third kappa shape index (κ3) is 2.49. The Morgan fingerprint density at radius 1 is 1.62 bits per heavy atom. The van der Waals surface area contributed by atoms with Crippen molar-refractivity contribution in [3.63, 3.8) is 0 Å². The van der Waals surface area contributed by atoms with Gasteiger partial charge in [0.25, 0.3) is 6.43 Å². The highest BCUT2D eigenvalue weighted by atomic mass is 127. The summed E-state index contributed by atoms with van der Waals surface area (Å²) in [6.07, 6.45) is -2.61. The lowest BCUT2D eigenvalue weighted by Gasteiger charge is -2.06. The van der Waals surface area contributed by atoms with Gasteiger partial charge in [-0.3, -0.25) is 0 Å². The van der Waals surface area contributed by atoms with E-state index in [4.69, 9.17) is 5.11 Å². The second-order valence-corrected chi connectivity index (χ2v) is 3.85. The van der Waals surface area contributed by atoms with E-state index in [2.05, 4.69) is 20.9 Å². The van der Waals surface area contributed by atoms with Crippen LogP contribution in [-0.2, 0) is 5.33 Å². The fourth-order valence-corrected chi connectivity index (χ4v) is 1.72. The van der Waals surface area contributed by atoms with Gasteiger partial charge in [0.15, 0.2) is 0 Å². The Hall–Kier alpha value is 0.0200. The Morgan fingerprint density at radius 3 is 2.69 bits per heavy atom. The van der Waals surface area contributed by atoms with E-state index in [0.717, 1.165) is 6.07 Å². The maximum absolute atomic E-state index is 12.4. The zero-order valence-corrected chi connectivity index (χ0v) is 10.0. The van der Waals surface area contributed by atoms with E-state index in [-0.39, 0.29) is 22.3 Å². The molecule has 0 aromatic carbocycles. The molecule has 0 atom stereocenters. The van der Waals surface area contributed by atoms with Crippen LogP contribution in [0.5, 0.6) is 5.75 Å². The molecule has 0 spiro atoms. The minimum Gasteiger partial charge on any atom is -0.505 e. The Labute approximate surface area is 95.6 Å². The van der Waals surface area contributed by atoms with E-state index >= 15 is 0 Å². The van der Waals surface area contributed by atoms with Gasteiger partial charge in [-0.25, -0.2) is 13.8 Å². The Bertz CT molecular complexity index is 322. The molecule has 1 heterocycles. The highest BCUT2D eigenvalue weighted by Gasteiger charge is 2.16. The van der Waals surface area contributed by atoms with Gasteiger partial charge >= 0.3 is 0 Å². The number of alkyl halides is 3. The standard InChI is InChI=1S/C7H5BrF2INO/c8-2-4-3(6(9)10)1-5(13)7(11)12-4/h1,6,13H,2H2. The molecule has 13 heavy (non-hydrogen) atoms. The molecule has 0 amide bonds. The fourth-order valence-electron chi connectivity index (χ4n) is 0.826. The van der Waals surface area contributed by atoms with Crippen molar-refractivity contribution < 1.29 is 13.9 Å². The van der Waals surface area contributed by atoms with E-state index < -0.39 is 6.43 Å². The summed E-state index contributed by atoms with van der Waals surface area (Å²) in [5.41, 5.74) is 0.0343. The molecule has 1 aromatic heterocycles. The summed E-state index contributed by atoms with van der Waals surface area (Å²) >= 11 is 4.84. The Kier molecular flexibility index (Phi) is 3.84. The van der Waals surface area contributed by atoms with Crippen LogP contribution >= 0.6 is 38.5 Å². The number of pyridine rings is 1. The molecule has 0 fully saturated rings. The molecule has 6 heteroatoms.